The van der Waals surface area contributed by atoms with Gasteiger partial charge in [-0.25, -0.2) is 4.39 Å². The second kappa shape index (κ2) is 5.97. The first-order valence-corrected chi connectivity index (χ1v) is 7.08. The second-order valence-corrected chi connectivity index (χ2v) is 5.24. The summed E-state index contributed by atoms with van der Waals surface area (Å²) in [6, 6.07) is 11.6. The van der Waals surface area contributed by atoms with Gasteiger partial charge in [0.25, 0.3) is 0 Å². The molecule has 0 radical (unpaired) electrons. The molecule has 0 spiro atoms. The van der Waals surface area contributed by atoms with Crippen LogP contribution in [0.3, 0.4) is 0 Å². The van der Waals surface area contributed by atoms with Gasteiger partial charge in [-0.15, -0.1) is 0 Å². The summed E-state index contributed by atoms with van der Waals surface area (Å²) in [4.78, 5) is 23.3. The largest absolute Gasteiger partial charge is 0.326 e. The molecule has 2 amide bonds. The quantitative estimate of drug-likeness (QED) is 0.915. The Hall–Kier alpha value is -2.69. The van der Waals surface area contributed by atoms with E-state index in [1.807, 2.05) is 6.07 Å². The van der Waals surface area contributed by atoms with Crippen LogP contribution in [0.1, 0.15) is 17.5 Å². The van der Waals surface area contributed by atoms with Crippen LogP contribution in [-0.4, -0.2) is 11.8 Å². The first-order valence-electron chi connectivity index (χ1n) is 7.08. The SMILES string of the molecule is O=C(Cc1ccccc1F)Nc1ccc2c(c1)CCC(=O)N2. The average Bonchev–Trinajstić information content (AvgIpc) is 2.50. The lowest BCUT2D eigenvalue weighted by Gasteiger charge is -2.17. The standard InChI is InChI=1S/C17H15FN2O2/c18-14-4-2-1-3-11(14)10-17(22)19-13-6-7-15-12(9-13)5-8-16(21)20-15/h1-4,6-7,9H,5,8,10H2,(H,19,22)(H,20,21). The number of amides is 2. The maximum Gasteiger partial charge on any atom is 0.228 e. The van der Waals surface area contributed by atoms with Crippen molar-refractivity contribution in [2.45, 2.75) is 19.3 Å². The van der Waals surface area contributed by atoms with Gasteiger partial charge in [-0.1, -0.05) is 18.2 Å². The van der Waals surface area contributed by atoms with Crippen LogP contribution in [0.4, 0.5) is 15.8 Å². The summed E-state index contributed by atoms with van der Waals surface area (Å²) < 4.78 is 13.5. The molecule has 22 heavy (non-hydrogen) atoms. The van der Waals surface area contributed by atoms with E-state index in [4.69, 9.17) is 0 Å². The number of halogens is 1. The number of rotatable bonds is 3. The van der Waals surface area contributed by atoms with Gasteiger partial charge in [0.15, 0.2) is 0 Å². The van der Waals surface area contributed by atoms with Gasteiger partial charge in [-0.2, -0.15) is 0 Å². The Morgan fingerprint density at radius 1 is 1.18 bits per heavy atom. The van der Waals surface area contributed by atoms with Crippen molar-refractivity contribution in [2.75, 3.05) is 10.6 Å². The summed E-state index contributed by atoms with van der Waals surface area (Å²) >= 11 is 0. The fourth-order valence-corrected chi connectivity index (χ4v) is 2.48. The molecule has 0 atom stereocenters. The summed E-state index contributed by atoms with van der Waals surface area (Å²) in [6.07, 6.45) is 1.08. The molecule has 4 nitrogen and oxygen atoms in total. The van der Waals surface area contributed by atoms with Crippen LogP contribution >= 0.6 is 0 Å². The lowest BCUT2D eigenvalue weighted by Crippen LogP contribution is -2.20. The average molecular weight is 298 g/mol. The number of nitrogens with one attached hydrogen (secondary N) is 2. The van der Waals surface area contributed by atoms with Crippen molar-refractivity contribution in [1.29, 1.82) is 0 Å². The normalized spacial score (nSPS) is 13.2. The zero-order valence-electron chi connectivity index (χ0n) is 11.9. The maximum absolute atomic E-state index is 13.5. The summed E-state index contributed by atoms with van der Waals surface area (Å²) in [5.41, 5.74) is 2.79. The molecule has 1 aliphatic heterocycles. The van der Waals surface area contributed by atoms with E-state index in [2.05, 4.69) is 10.6 Å². The van der Waals surface area contributed by atoms with Crippen molar-refractivity contribution < 1.29 is 14.0 Å². The molecular formula is C17H15FN2O2. The van der Waals surface area contributed by atoms with Gasteiger partial charge in [0.05, 0.1) is 6.42 Å². The minimum absolute atomic E-state index is 0.00355. The molecule has 2 aromatic rings. The van der Waals surface area contributed by atoms with Gasteiger partial charge in [-0.3, -0.25) is 9.59 Å². The van der Waals surface area contributed by atoms with Crippen LogP contribution in [0, 0.1) is 5.82 Å². The topological polar surface area (TPSA) is 58.2 Å². The maximum atomic E-state index is 13.5. The van der Waals surface area contributed by atoms with Crippen molar-refractivity contribution in [3.05, 3.63) is 59.4 Å². The number of benzene rings is 2. The molecule has 5 heteroatoms. The molecule has 3 rings (SSSR count). The third kappa shape index (κ3) is 3.14. The summed E-state index contributed by atoms with van der Waals surface area (Å²) in [6.45, 7) is 0. The number of fused-ring (bicyclic) bond motifs is 1. The van der Waals surface area contributed by atoms with Gasteiger partial charge >= 0.3 is 0 Å². The fourth-order valence-electron chi connectivity index (χ4n) is 2.48. The van der Waals surface area contributed by atoms with Gasteiger partial charge in [0.2, 0.25) is 11.8 Å². The molecule has 1 heterocycles. The monoisotopic (exact) mass is 298 g/mol. The highest BCUT2D eigenvalue weighted by atomic mass is 19.1. The molecule has 0 aliphatic carbocycles. The van der Waals surface area contributed by atoms with Crippen LogP contribution in [0.25, 0.3) is 0 Å². The zero-order chi connectivity index (χ0) is 15.5. The fraction of sp³-hybridized carbons (Fsp3) is 0.176. The molecule has 0 saturated heterocycles. The van der Waals surface area contributed by atoms with E-state index in [0.29, 0.717) is 24.1 Å². The molecule has 2 N–H and O–H groups in total. The predicted octanol–water partition coefficient (Wildman–Crippen LogP) is 2.89. The van der Waals surface area contributed by atoms with Gasteiger partial charge in [0.1, 0.15) is 5.82 Å². The summed E-state index contributed by atoms with van der Waals surface area (Å²) in [5.74, 6) is -0.653. The summed E-state index contributed by atoms with van der Waals surface area (Å²) in [5, 5.41) is 5.55. The van der Waals surface area contributed by atoms with Crippen LogP contribution in [-0.2, 0) is 22.4 Å². The van der Waals surface area contributed by atoms with E-state index < -0.39 is 0 Å². The highest BCUT2D eigenvalue weighted by Gasteiger charge is 2.15. The highest BCUT2D eigenvalue weighted by molar-refractivity contribution is 5.96. The predicted molar refractivity (Wildman–Crippen MR) is 82.1 cm³/mol. The Kier molecular flexibility index (Phi) is 3.87. The van der Waals surface area contributed by atoms with E-state index in [-0.39, 0.29) is 24.1 Å². The minimum atomic E-state index is -0.384. The number of carbonyl (C=O) groups is 2. The number of anilines is 2. The highest BCUT2D eigenvalue weighted by Crippen LogP contribution is 2.25. The molecule has 0 saturated carbocycles. The Balaban J connectivity index is 1.70. The molecule has 0 aromatic heterocycles. The minimum Gasteiger partial charge on any atom is -0.326 e. The molecule has 112 valence electrons. The zero-order valence-corrected chi connectivity index (χ0v) is 11.9. The molecule has 1 aliphatic rings. The lowest BCUT2D eigenvalue weighted by molar-refractivity contribution is -0.117. The van der Waals surface area contributed by atoms with E-state index >= 15 is 0 Å². The first-order chi connectivity index (χ1) is 10.6. The molecule has 2 aromatic carbocycles. The third-order valence-corrected chi connectivity index (χ3v) is 3.59. The van der Waals surface area contributed by atoms with E-state index in [0.717, 1.165) is 11.3 Å². The van der Waals surface area contributed by atoms with Gasteiger partial charge in [-0.05, 0) is 41.8 Å². The van der Waals surface area contributed by atoms with E-state index in [9.17, 15) is 14.0 Å². The van der Waals surface area contributed by atoms with Gasteiger partial charge < -0.3 is 10.6 Å². The van der Waals surface area contributed by atoms with Crippen LogP contribution in [0.5, 0.6) is 0 Å². The third-order valence-electron chi connectivity index (χ3n) is 3.59. The molecule has 0 unspecified atom stereocenters. The Bertz CT molecular complexity index is 743. The van der Waals surface area contributed by atoms with Crippen molar-refractivity contribution in [1.82, 2.24) is 0 Å². The van der Waals surface area contributed by atoms with Crippen molar-refractivity contribution in [3.63, 3.8) is 0 Å². The number of hydrogen-bond donors (Lipinski definition) is 2. The first kappa shape index (κ1) is 14.3. The van der Waals surface area contributed by atoms with Gasteiger partial charge in [0, 0.05) is 17.8 Å². The van der Waals surface area contributed by atoms with Crippen LogP contribution in [0.2, 0.25) is 0 Å². The van der Waals surface area contributed by atoms with Crippen molar-refractivity contribution >= 4 is 23.2 Å². The van der Waals surface area contributed by atoms with Crippen molar-refractivity contribution in [3.8, 4) is 0 Å². The number of aryl methyl sites for hydroxylation is 1. The number of carbonyl (C=O) groups excluding carboxylic acids is 2. The Morgan fingerprint density at radius 3 is 2.82 bits per heavy atom. The Morgan fingerprint density at radius 2 is 2.00 bits per heavy atom. The smallest absolute Gasteiger partial charge is 0.228 e. The van der Waals surface area contributed by atoms with Crippen LogP contribution < -0.4 is 10.6 Å². The van der Waals surface area contributed by atoms with Crippen LogP contribution in [0.15, 0.2) is 42.5 Å². The molecule has 0 bridgehead atoms. The van der Waals surface area contributed by atoms with E-state index in [1.165, 1.54) is 6.07 Å². The second-order valence-electron chi connectivity index (χ2n) is 5.24. The molecule has 0 fully saturated rings. The Labute approximate surface area is 127 Å². The molecular weight excluding hydrogens is 283 g/mol. The van der Waals surface area contributed by atoms with Crippen molar-refractivity contribution in [2.24, 2.45) is 0 Å². The lowest BCUT2D eigenvalue weighted by atomic mass is 10.0. The number of hydrogen-bond acceptors (Lipinski definition) is 2. The summed E-state index contributed by atoms with van der Waals surface area (Å²) in [7, 11) is 0. The van der Waals surface area contributed by atoms with E-state index in [1.54, 1.807) is 30.3 Å².